The van der Waals surface area contributed by atoms with E-state index in [-0.39, 0.29) is 17.1 Å². The van der Waals surface area contributed by atoms with Crippen molar-refractivity contribution in [3.05, 3.63) is 52.6 Å². The zero-order chi connectivity index (χ0) is 24.7. The van der Waals surface area contributed by atoms with Crippen LogP contribution in [0, 0.1) is 17.3 Å². The molecule has 2 unspecified atom stereocenters. The van der Waals surface area contributed by atoms with Crippen LogP contribution in [0.1, 0.15) is 89.0 Å². The van der Waals surface area contributed by atoms with Crippen molar-refractivity contribution in [1.29, 1.82) is 0 Å². The minimum atomic E-state index is -3.09. The highest BCUT2D eigenvalue weighted by Crippen LogP contribution is 2.70. The second-order valence-corrected chi connectivity index (χ2v) is 15.2. The SMILES string of the molecule is C[C@]12C[C@H](c3ccc(N4CCCC4)cc3)C3=C4CCC(=O)C=C4CCC3C1CC[C@@]21CCCS1(=O)=O. The van der Waals surface area contributed by atoms with Gasteiger partial charge in [0, 0.05) is 31.1 Å². The third-order valence-corrected chi connectivity index (χ3v) is 14.3. The number of nitrogens with zero attached hydrogens (tertiary/aromatic N) is 1. The maximum Gasteiger partial charge on any atom is 0.156 e. The lowest BCUT2D eigenvalue weighted by atomic mass is 9.51. The van der Waals surface area contributed by atoms with Gasteiger partial charge in [0.2, 0.25) is 0 Å². The summed E-state index contributed by atoms with van der Waals surface area (Å²) < 4.78 is 26.7. The van der Waals surface area contributed by atoms with E-state index in [9.17, 15) is 13.2 Å². The highest BCUT2D eigenvalue weighted by atomic mass is 32.2. The first kappa shape index (κ1) is 23.3. The summed E-state index contributed by atoms with van der Waals surface area (Å²) in [4.78, 5) is 14.8. The molecule has 36 heavy (non-hydrogen) atoms. The van der Waals surface area contributed by atoms with E-state index in [4.69, 9.17) is 0 Å². The molecule has 4 nitrogen and oxygen atoms in total. The van der Waals surface area contributed by atoms with Crippen molar-refractivity contribution in [1.82, 2.24) is 0 Å². The van der Waals surface area contributed by atoms with Crippen molar-refractivity contribution in [3.8, 4) is 0 Å². The number of rotatable bonds is 2. The number of ketones is 1. The molecule has 1 aromatic rings. The zero-order valence-corrected chi connectivity index (χ0v) is 22.4. The van der Waals surface area contributed by atoms with E-state index in [1.54, 1.807) is 5.57 Å². The summed E-state index contributed by atoms with van der Waals surface area (Å²) in [5.74, 6) is 1.78. The molecular weight excluding hydrogens is 466 g/mol. The number of hydrogen-bond acceptors (Lipinski definition) is 4. The van der Waals surface area contributed by atoms with Crippen molar-refractivity contribution >= 4 is 21.3 Å². The van der Waals surface area contributed by atoms with Gasteiger partial charge in [-0.25, -0.2) is 8.42 Å². The quantitative estimate of drug-likeness (QED) is 0.485. The number of sulfone groups is 1. The Kier molecular flexibility index (Phi) is 5.20. The Morgan fingerprint density at radius 2 is 1.72 bits per heavy atom. The Morgan fingerprint density at radius 3 is 2.44 bits per heavy atom. The molecular formula is C31H39NO3S. The van der Waals surface area contributed by atoms with Gasteiger partial charge in [-0.2, -0.15) is 0 Å². The zero-order valence-electron chi connectivity index (χ0n) is 21.6. The molecule has 1 spiro atoms. The second-order valence-electron chi connectivity index (χ2n) is 12.7. The standard InChI is InChI=1S/C31H39NO3S/c1-30-20-27(21-5-8-23(9-6-21)32-16-2-3-17-32)29-25-12-10-24(33)19-22(25)7-11-26(29)28(30)13-15-31(30)14-4-18-36(31,34)35/h5-6,8-9,19,26-28H,2-4,7,10-18,20H2,1H3/t26?,27-,28?,30+,31+/m1/s1. The molecule has 1 aromatic carbocycles. The molecule has 2 heterocycles. The van der Waals surface area contributed by atoms with Crippen LogP contribution in [0.5, 0.6) is 0 Å². The number of hydrogen-bond donors (Lipinski definition) is 0. The van der Waals surface area contributed by atoms with Crippen LogP contribution in [0.25, 0.3) is 0 Å². The molecule has 7 rings (SSSR count). The largest absolute Gasteiger partial charge is 0.372 e. The average molecular weight is 506 g/mol. The molecule has 0 bridgehead atoms. The maximum absolute atomic E-state index is 13.6. The third-order valence-electron chi connectivity index (χ3n) is 11.4. The van der Waals surface area contributed by atoms with Crippen LogP contribution in [0.2, 0.25) is 0 Å². The van der Waals surface area contributed by atoms with Gasteiger partial charge < -0.3 is 4.90 Å². The summed E-state index contributed by atoms with van der Waals surface area (Å²) in [5.41, 5.74) is 6.79. The Morgan fingerprint density at radius 1 is 0.944 bits per heavy atom. The fourth-order valence-corrected chi connectivity index (χ4v) is 12.5. The van der Waals surface area contributed by atoms with Crippen molar-refractivity contribution in [2.75, 3.05) is 23.7 Å². The van der Waals surface area contributed by atoms with Crippen LogP contribution in [0.3, 0.4) is 0 Å². The van der Waals surface area contributed by atoms with Gasteiger partial charge in [-0.3, -0.25) is 4.79 Å². The Bertz CT molecular complexity index is 1270. The van der Waals surface area contributed by atoms with E-state index < -0.39 is 14.6 Å². The predicted octanol–water partition coefficient (Wildman–Crippen LogP) is 6.13. The number of allylic oxidation sites excluding steroid dienone is 4. The smallest absolute Gasteiger partial charge is 0.156 e. The highest BCUT2D eigenvalue weighted by molar-refractivity contribution is 7.93. The number of carbonyl (C=O) groups is 1. The maximum atomic E-state index is 13.6. The van der Waals surface area contributed by atoms with Crippen molar-refractivity contribution in [2.24, 2.45) is 17.3 Å². The van der Waals surface area contributed by atoms with Gasteiger partial charge in [-0.05, 0) is 116 Å². The minimum absolute atomic E-state index is 0.180. The summed E-state index contributed by atoms with van der Waals surface area (Å²) in [7, 11) is -3.09. The normalized spacial score (nSPS) is 39.2. The molecule has 2 saturated heterocycles. The lowest BCUT2D eigenvalue weighted by Gasteiger charge is -2.55. The molecule has 5 heteroatoms. The Labute approximate surface area is 216 Å². The fourth-order valence-electron chi connectivity index (χ4n) is 9.75. The topological polar surface area (TPSA) is 54.5 Å². The van der Waals surface area contributed by atoms with Gasteiger partial charge in [0.05, 0.1) is 10.5 Å². The van der Waals surface area contributed by atoms with Crippen molar-refractivity contribution in [3.63, 3.8) is 0 Å². The van der Waals surface area contributed by atoms with Crippen LogP contribution in [0.4, 0.5) is 5.69 Å². The summed E-state index contributed by atoms with van der Waals surface area (Å²) in [6.45, 7) is 4.64. The molecule has 0 aromatic heterocycles. The molecule has 4 aliphatic carbocycles. The van der Waals surface area contributed by atoms with E-state index in [0.29, 0.717) is 24.0 Å². The molecule has 4 fully saturated rings. The van der Waals surface area contributed by atoms with Gasteiger partial charge in [-0.1, -0.05) is 24.6 Å². The number of carbonyl (C=O) groups excluding carboxylic acids is 1. The lowest BCUT2D eigenvalue weighted by Crippen LogP contribution is -2.53. The molecule has 0 N–H and O–H groups in total. The first-order valence-electron chi connectivity index (χ1n) is 14.4. The van der Waals surface area contributed by atoms with Crippen LogP contribution in [-0.2, 0) is 14.6 Å². The summed E-state index contributed by atoms with van der Waals surface area (Å²) in [6, 6.07) is 9.28. The lowest BCUT2D eigenvalue weighted by molar-refractivity contribution is -0.114. The summed E-state index contributed by atoms with van der Waals surface area (Å²) in [6.07, 6.45) is 12.5. The van der Waals surface area contributed by atoms with E-state index in [1.165, 1.54) is 35.2 Å². The summed E-state index contributed by atoms with van der Waals surface area (Å²) >= 11 is 0. The van der Waals surface area contributed by atoms with Crippen molar-refractivity contribution < 1.29 is 13.2 Å². The van der Waals surface area contributed by atoms with Gasteiger partial charge in [0.25, 0.3) is 0 Å². The minimum Gasteiger partial charge on any atom is -0.372 e. The van der Waals surface area contributed by atoms with Crippen LogP contribution >= 0.6 is 0 Å². The molecule has 192 valence electrons. The molecule has 2 aliphatic heterocycles. The van der Waals surface area contributed by atoms with Crippen molar-refractivity contribution in [2.45, 2.75) is 88.2 Å². The van der Waals surface area contributed by atoms with Crippen LogP contribution in [-0.4, -0.2) is 37.8 Å². The molecule has 5 atom stereocenters. The third kappa shape index (κ3) is 3.10. The van der Waals surface area contributed by atoms with Gasteiger partial charge in [0.1, 0.15) is 0 Å². The Hall–Kier alpha value is -1.88. The fraction of sp³-hybridized carbons (Fsp3) is 0.645. The summed E-state index contributed by atoms with van der Waals surface area (Å²) in [5, 5.41) is 0. The molecule has 0 radical (unpaired) electrons. The number of fused-ring (bicyclic) bond motifs is 5. The van der Waals surface area contributed by atoms with Crippen LogP contribution in [0.15, 0.2) is 47.1 Å². The van der Waals surface area contributed by atoms with E-state index in [2.05, 4.69) is 36.1 Å². The van der Waals surface area contributed by atoms with E-state index >= 15 is 0 Å². The van der Waals surface area contributed by atoms with Gasteiger partial charge in [0.15, 0.2) is 15.6 Å². The predicted molar refractivity (Wildman–Crippen MR) is 144 cm³/mol. The monoisotopic (exact) mass is 505 g/mol. The van der Waals surface area contributed by atoms with E-state index in [0.717, 1.165) is 64.5 Å². The Balaban J connectivity index is 1.36. The van der Waals surface area contributed by atoms with E-state index in [1.807, 2.05) is 6.08 Å². The average Bonchev–Trinajstić information content (AvgIpc) is 3.58. The second kappa shape index (κ2) is 8.06. The highest BCUT2D eigenvalue weighted by Gasteiger charge is 2.68. The molecule has 6 aliphatic rings. The van der Waals surface area contributed by atoms with Gasteiger partial charge in [-0.15, -0.1) is 0 Å². The first-order chi connectivity index (χ1) is 17.3. The first-order valence-corrected chi connectivity index (χ1v) is 16.0. The van der Waals surface area contributed by atoms with Crippen LogP contribution < -0.4 is 4.90 Å². The number of anilines is 1. The molecule has 0 amide bonds. The van der Waals surface area contributed by atoms with Gasteiger partial charge >= 0.3 is 0 Å². The number of benzene rings is 1. The molecule has 2 saturated carbocycles.